The smallest absolute Gasteiger partial charge is 0.262 e. The number of anilines is 1. The Balaban J connectivity index is 1.78. The molecule has 0 unspecified atom stereocenters. The first-order valence-electron chi connectivity index (χ1n) is 8.58. The fourth-order valence-electron chi connectivity index (χ4n) is 3.24. The zero-order valence-corrected chi connectivity index (χ0v) is 15.6. The van der Waals surface area contributed by atoms with Crippen LogP contribution in [-0.4, -0.2) is 23.6 Å². The molecule has 3 heterocycles. The molecule has 3 aromatic rings. The average molecular weight is 351 g/mol. The largest absolute Gasteiger partial charge is 0.378 e. The molecule has 0 amide bonds. The van der Waals surface area contributed by atoms with Crippen molar-refractivity contribution in [1.29, 1.82) is 0 Å². The van der Waals surface area contributed by atoms with E-state index in [2.05, 4.69) is 42.2 Å². The number of aryl methyl sites for hydroxylation is 1. The first kappa shape index (κ1) is 16.1. The summed E-state index contributed by atoms with van der Waals surface area (Å²) in [4.78, 5) is 21.7. The van der Waals surface area contributed by atoms with Crippen LogP contribution in [-0.2, 0) is 13.0 Å². The molecule has 0 aliphatic carbocycles. The van der Waals surface area contributed by atoms with Crippen LogP contribution in [0.2, 0.25) is 0 Å². The minimum atomic E-state index is 0.0994. The van der Waals surface area contributed by atoms with E-state index in [-0.39, 0.29) is 5.56 Å². The van der Waals surface area contributed by atoms with Gasteiger partial charge in [0.05, 0.1) is 5.39 Å². The van der Waals surface area contributed by atoms with Crippen molar-refractivity contribution in [2.75, 3.05) is 19.0 Å². The standard InChI is InChI=1S/C20H21N3OS/c1-4-16-12-17-19(25-16)21-18-14(9-10-23(18)20(17)24)11-13-5-7-15(8-6-13)22(2)3/h5-8,11-12H,4,9-10H2,1-3H3/b14-11+. The number of hydrogen-bond acceptors (Lipinski definition) is 4. The van der Waals surface area contributed by atoms with Gasteiger partial charge in [0.2, 0.25) is 0 Å². The van der Waals surface area contributed by atoms with Crippen molar-refractivity contribution in [1.82, 2.24) is 9.55 Å². The number of aromatic nitrogens is 2. The molecular formula is C20H21N3OS. The van der Waals surface area contributed by atoms with Crippen molar-refractivity contribution < 1.29 is 0 Å². The molecule has 5 heteroatoms. The van der Waals surface area contributed by atoms with Gasteiger partial charge in [-0.2, -0.15) is 0 Å². The summed E-state index contributed by atoms with van der Waals surface area (Å²) in [6.45, 7) is 2.83. The lowest BCUT2D eigenvalue weighted by atomic mass is 10.1. The zero-order chi connectivity index (χ0) is 17.6. The zero-order valence-electron chi connectivity index (χ0n) is 14.7. The van der Waals surface area contributed by atoms with Gasteiger partial charge < -0.3 is 4.90 Å². The quantitative estimate of drug-likeness (QED) is 0.715. The Morgan fingerprint density at radius 3 is 2.72 bits per heavy atom. The van der Waals surface area contributed by atoms with Gasteiger partial charge in [0.1, 0.15) is 10.7 Å². The third-order valence-electron chi connectivity index (χ3n) is 4.69. The molecule has 128 valence electrons. The Kier molecular flexibility index (Phi) is 3.96. The van der Waals surface area contributed by atoms with Gasteiger partial charge in [0.25, 0.3) is 5.56 Å². The van der Waals surface area contributed by atoms with Gasteiger partial charge in [-0.3, -0.25) is 9.36 Å². The topological polar surface area (TPSA) is 38.1 Å². The molecule has 1 aliphatic heterocycles. The molecule has 0 N–H and O–H groups in total. The number of allylic oxidation sites excluding steroid dienone is 1. The maximum Gasteiger partial charge on any atom is 0.262 e. The second-order valence-corrected chi connectivity index (χ2v) is 7.70. The predicted molar refractivity (Wildman–Crippen MR) is 107 cm³/mol. The third-order valence-corrected chi connectivity index (χ3v) is 5.87. The third kappa shape index (κ3) is 2.78. The molecular weight excluding hydrogens is 330 g/mol. The lowest BCUT2D eigenvalue weighted by Gasteiger charge is -2.12. The molecule has 1 aromatic carbocycles. The van der Waals surface area contributed by atoms with Gasteiger partial charge in [-0.05, 0) is 48.3 Å². The van der Waals surface area contributed by atoms with Crippen molar-refractivity contribution in [2.24, 2.45) is 0 Å². The Hall–Kier alpha value is -2.40. The van der Waals surface area contributed by atoms with E-state index in [4.69, 9.17) is 4.98 Å². The lowest BCUT2D eigenvalue weighted by Crippen LogP contribution is -2.19. The molecule has 2 aromatic heterocycles. The molecule has 4 rings (SSSR count). The van der Waals surface area contributed by atoms with Gasteiger partial charge in [-0.1, -0.05) is 19.1 Å². The summed E-state index contributed by atoms with van der Waals surface area (Å²) in [6.07, 6.45) is 3.96. The van der Waals surface area contributed by atoms with E-state index in [1.165, 1.54) is 10.6 Å². The highest BCUT2D eigenvalue weighted by Crippen LogP contribution is 2.30. The van der Waals surface area contributed by atoms with Crippen molar-refractivity contribution in [3.8, 4) is 0 Å². The van der Waals surface area contributed by atoms with E-state index in [1.807, 2.05) is 24.7 Å². The van der Waals surface area contributed by atoms with Crippen LogP contribution in [0, 0.1) is 0 Å². The van der Waals surface area contributed by atoms with Gasteiger partial charge in [0.15, 0.2) is 0 Å². The minimum Gasteiger partial charge on any atom is -0.378 e. The first-order valence-corrected chi connectivity index (χ1v) is 9.40. The fraction of sp³-hybridized carbons (Fsp3) is 0.300. The summed E-state index contributed by atoms with van der Waals surface area (Å²) in [5.74, 6) is 0.832. The molecule has 0 fully saturated rings. The highest BCUT2D eigenvalue weighted by molar-refractivity contribution is 7.18. The van der Waals surface area contributed by atoms with E-state index < -0.39 is 0 Å². The van der Waals surface area contributed by atoms with Gasteiger partial charge in [-0.15, -0.1) is 11.3 Å². The second-order valence-electron chi connectivity index (χ2n) is 6.58. The van der Waals surface area contributed by atoms with Crippen LogP contribution in [0.5, 0.6) is 0 Å². The number of hydrogen-bond donors (Lipinski definition) is 0. The van der Waals surface area contributed by atoms with Crippen molar-refractivity contribution in [3.05, 3.63) is 57.0 Å². The SMILES string of the molecule is CCc1cc2c(=O)n3c(nc2s1)/C(=C/c1ccc(N(C)C)cc1)CC3. The molecule has 0 spiro atoms. The Morgan fingerprint density at radius 1 is 1.28 bits per heavy atom. The summed E-state index contributed by atoms with van der Waals surface area (Å²) >= 11 is 1.63. The van der Waals surface area contributed by atoms with Crippen molar-refractivity contribution in [3.63, 3.8) is 0 Å². The summed E-state index contributed by atoms with van der Waals surface area (Å²) in [5, 5.41) is 0.766. The molecule has 1 aliphatic rings. The fourth-order valence-corrected chi connectivity index (χ4v) is 4.20. The number of thiophene rings is 1. The summed E-state index contributed by atoms with van der Waals surface area (Å²) < 4.78 is 1.83. The van der Waals surface area contributed by atoms with E-state index in [0.29, 0.717) is 0 Å². The summed E-state index contributed by atoms with van der Waals surface area (Å²) in [7, 11) is 4.07. The molecule has 0 saturated heterocycles. The van der Waals surface area contributed by atoms with Crippen LogP contribution in [0.25, 0.3) is 21.9 Å². The minimum absolute atomic E-state index is 0.0994. The summed E-state index contributed by atoms with van der Waals surface area (Å²) in [6, 6.07) is 10.4. The highest BCUT2D eigenvalue weighted by Gasteiger charge is 2.21. The van der Waals surface area contributed by atoms with Crippen LogP contribution in [0.1, 0.15) is 29.6 Å². The van der Waals surface area contributed by atoms with Crippen LogP contribution in [0.4, 0.5) is 5.69 Å². The lowest BCUT2D eigenvalue weighted by molar-refractivity contribution is 0.726. The number of rotatable bonds is 3. The Bertz CT molecular complexity index is 1030. The first-order chi connectivity index (χ1) is 12.1. The van der Waals surface area contributed by atoms with Crippen molar-refractivity contribution >= 4 is 38.9 Å². The average Bonchev–Trinajstić information content (AvgIpc) is 3.20. The summed E-state index contributed by atoms with van der Waals surface area (Å²) in [5.41, 5.74) is 3.56. The normalized spacial score (nSPS) is 15.1. The van der Waals surface area contributed by atoms with Crippen molar-refractivity contribution in [2.45, 2.75) is 26.3 Å². The number of benzene rings is 1. The maximum absolute atomic E-state index is 12.8. The second kappa shape index (κ2) is 6.15. The monoisotopic (exact) mass is 351 g/mol. The van der Waals surface area contributed by atoms with E-state index >= 15 is 0 Å². The maximum atomic E-state index is 12.8. The van der Waals surface area contributed by atoms with Gasteiger partial charge in [-0.25, -0.2) is 4.98 Å². The molecule has 0 saturated carbocycles. The van der Waals surface area contributed by atoms with Crippen LogP contribution in [0.15, 0.2) is 35.1 Å². The molecule has 0 bridgehead atoms. The van der Waals surface area contributed by atoms with Gasteiger partial charge >= 0.3 is 0 Å². The number of fused-ring (bicyclic) bond motifs is 2. The van der Waals surface area contributed by atoms with Crippen LogP contribution < -0.4 is 10.5 Å². The molecule has 0 atom stereocenters. The van der Waals surface area contributed by atoms with E-state index in [0.717, 1.165) is 46.6 Å². The highest BCUT2D eigenvalue weighted by atomic mass is 32.1. The van der Waals surface area contributed by atoms with Crippen LogP contribution >= 0.6 is 11.3 Å². The molecule has 25 heavy (non-hydrogen) atoms. The van der Waals surface area contributed by atoms with Crippen LogP contribution in [0.3, 0.4) is 0 Å². The number of nitrogens with zero attached hydrogens (tertiary/aromatic N) is 3. The van der Waals surface area contributed by atoms with Gasteiger partial charge in [0, 0.05) is 31.2 Å². The Labute approximate surface area is 151 Å². The predicted octanol–water partition coefficient (Wildman–Crippen LogP) is 4.03. The van der Waals surface area contributed by atoms with E-state index in [9.17, 15) is 4.79 Å². The molecule has 4 nitrogen and oxygen atoms in total. The van der Waals surface area contributed by atoms with E-state index in [1.54, 1.807) is 11.3 Å². The molecule has 0 radical (unpaired) electrons. The Morgan fingerprint density at radius 2 is 2.04 bits per heavy atom.